The van der Waals surface area contributed by atoms with Crippen molar-refractivity contribution < 1.29 is 14.2 Å². The lowest BCUT2D eigenvalue weighted by Crippen LogP contribution is -2.32. The Kier molecular flexibility index (Phi) is 5.41. The highest BCUT2D eigenvalue weighted by atomic mass is 35.5. The maximum Gasteiger partial charge on any atom is 0.138 e. The van der Waals surface area contributed by atoms with Gasteiger partial charge in [-0.3, -0.25) is 0 Å². The molecule has 0 N–H and O–H groups in total. The summed E-state index contributed by atoms with van der Waals surface area (Å²) in [6, 6.07) is 5.46. The van der Waals surface area contributed by atoms with Gasteiger partial charge >= 0.3 is 0 Å². The van der Waals surface area contributed by atoms with E-state index in [9.17, 15) is 0 Å². The zero-order valence-corrected chi connectivity index (χ0v) is 13.9. The number of aryl methyl sites for hydroxylation is 1. The van der Waals surface area contributed by atoms with Gasteiger partial charge in [0.15, 0.2) is 0 Å². The first-order valence-electron chi connectivity index (χ1n) is 7.84. The summed E-state index contributed by atoms with van der Waals surface area (Å²) in [6.45, 7) is 1.63. The van der Waals surface area contributed by atoms with E-state index in [2.05, 4.69) is 4.98 Å². The molecule has 1 aliphatic heterocycles. The van der Waals surface area contributed by atoms with E-state index in [1.165, 1.54) is 0 Å². The van der Waals surface area contributed by atoms with Crippen LogP contribution in [0.4, 0.5) is 0 Å². The van der Waals surface area contributed by atoms with Crippen LogP contribution >= 0.6 is 11.6 Å². The normalized spacial score (nSPS) is 18.8. The fraction of sp³-hybridized carbons (Fsp3) is 0.471. The van der Waals surface area contributed by atoms with E-state index in [1.807, 2.05) is 29.2 Å². The molecule has 1 aliphatic rings. The molecule has 1 fully saturated rings. The van der Waals surface area contributed by atoms with Gasteiger partial charge in [0.05, 0.1) is 24.6 Å². The number of hydrogen-bond acceptors (Lipinski definition) is 4. The lowest BCUT2D eigenvalue weighted by atomic mass is 10.1. The van der Waals surface area contributed by atoms with E-state index >= 15 is 0 Å². The van der Waals surface area contributed by atoms with Gasteiger partial charge in [-0.25, -0.2) is 4.98 Å². The fourth-order valence-corrected chi connectivity index (χ4v) is 2.99. The number of ether oxygens (including phenoxy) is 3. The quantitative estimate of drug-likeness (QED) is 0.775. The predicted octanol–water partition coefficient (Wildman–Crippen LogP) is 3.56. The molecule has 0 saturated carbocycles. The Morgan fingerprint density at radius 1 is 1.48 bits per heavy atom. The average molecular weight is 337 g/mol. The number of hydrogen-bond donors (Lipinski definition) is 0. The second-order valence-corrected chi connectivity index (χ2v) is 6.00. The van der Waals surface area contributed by atoms with Gasteiger partial charge in [0, 0.05) is 38.0 Å². The molecule has 1 aromatic heterocycles. The van der Waals surface area contributed by atoms with E-state index in [0.717, 1.165) is 38.2 Å². The van der Waals surface area contributed by atoms with Crippen molar-refractivity contribution in [3.05, 3.63) is 41.9 Å². The summed E-state index contributed by atoms with van der Waals surface area (Å²) >= 11 is 6.30. The van der Waals surface area contributed by atoms with E-state index in [0.29, 0.717) is 10.8 Å². The molecule has 0 aliphatic carbocycles. The van der Waals surface area contributed by atoms with Crippen LogP contribution in [0.2, 0.25) is 5.02 Å². The first-order chi connectivity index (χ1) is 11.3. The Bertz CT molecular complexity index is 612. The van der Waals surface area contributed by atoms with Crippen LogP contribution < -0.4 is 9.47 Å². The van der Waals surface area contributed by atoms with Gasteiger partial charge in [-0.1, -0.05) is 11.6 Å². The number of methoxy groups -OCH3 is 1. The number of nitrogens with zero attached hydrogens (tertiary/aromatic N) is 2. The maximum absolute atomic E-state index is 6.30. The van der Waals surface area contributed by atoms with E-state index in [4.69, 9.17) is 25.8 Å². The highest BCUT2D eigenvalue weighted by Crippen LogP contribution is 2.31. The molecule has 0 bridgehead atoms. The second kappa shape index (κ2) is 7.70. The van der Waals surface area contributed by atoms with Crippen LogP contribution in [-0.4, -0.2) is 35.5 Å². The Morgan fingerprint density at radius 2 is 2.39 bits per heavy atom. The van der Waals surface area contributed by atoms with Crippen molar-refractivity contribution >= 4 is 11.6 Å². The number of halogens is 1. The van der Waals surface area contributed by atoms with Crippen molar-refractivity contribution in [1.29, 1.82) is 0 Å². The summed E-state index contributed by atoms with van der Waals surface area (Å²) < 4.78 is 19.2. The zero-order valence-electron chi connectivity index (χ0n) is 13.2. The lowest BCUT2D eigenvalue weighted by molar-refractivity contribution is 0.00660. The zero-order chi connectivity index (χ0) is 16.1. The average Bonchev–Trinajstić information content (AvgIpc) is 3.26. The van der Waals surface area contributed by atoms with Crippen LogP contribution in [0, 0.1) is 0 Å². The summed E-state index contributed by atoms with van der Waals surface area (Å²) in [5.74, 6) is 1.38. The summed E-state index contributed by atoms with van der Waals surface area (Å²) in [6.07, 6.45) is 8.54. The minimum Gasteiger partial charge on any atom is -0.497 e. The standard InChI is InChI=1S/C17H21ClN2O3/c1-21-13-4-5-15(14(18)11-13)23-17(16-3-2-10-22-16)6-8-20-9-7-19-12-20/h4-5,7,9,11-12,16-17H,2-3,6,8,10H2,1H3/t16-,17?/m1/s1. The predicted molar refractivity (Wildman–Crippen MR) is 88.2 cm³/mol. The molecule has 124 valence electrons. The van der Waals surface area contributed by atoms with Gasteiger partial charge in [-0.15, -0.1) is 0 Å². The molecule has 2 atom stereocenters. The van der Waals surface area contributed by atoms with Crippen molar-refractivity contribution in [2.24, 2.45) is 0 Å². The summed E-state index contributed by atoms with van der Waals surface area (Å²) in [5.41, 5.74) is 0. The van der Waals surface area contributed by atoms with Crippen LogP contribution in [0.3, 0.4) is 0 Å². The maximum atomic E-state index is 6.30. The Hall–Kier alpha value is -1.72. The van der Waals surface area contributed by atoms with E-state index in [1.54, 1.807) is 19.4 Å². The van der Waals surface area contributed by atoms with Crippen LogP contribution in [-0.2, 0) is 11.3 Å². The van der Waals surface area contributed by atoms with Crippen molar-refractivity contribution in [2.75, 3.05) is 13.7 Å². The van der Waals surface area contributed by atoms with Gasteiger partial charge in [-0.05, 0) is 25.0 Å². The molecular formula is C17H21ClN2O3. The molecule has 2 aromatic rings. The monoisotopic (exact) mass is 336 g/mol. The lowest BCUT2D eigenvalue weighted by Gasteiger charge is -2.25. The molecular weight excluding hydrogens is 316 g/mol. The van der Waals surface area contributed by atoms with Gasteiger partial charge in [0.1, 0.15) is 17.6 Å². The van der Waals surface area contributed by atoms with E-state index < -0.39 is 0 Å². The molecule has 5 nitrogen and oxygen atoms in total. The third-order valence-electron chi connectivity index (χ3n) is 4.03. The van der Waals surface area contributed by atoms with Crippen LogP contribution in [0.25, 0.3) is 0 Å². The molecule has 1 unspecified atom stereocenters. The highest BCUT2D eigenvalue weighted by Gasteiger charge is 2.28. The SMILES string of the molecule is COc1ccc(OC(CCn2ccnc2)[C@H]2CCCO2)c(Cl)c1. The number of aromatic nitrogens is 2. The summed E-state index contributed by atoms with van der Waals surface area (Å²) in [7, 11) is 1.62. The van der Waals surface area contributed by atoms with Crippen molar-refractivity contribution in [2.45, 2.75) is 38.0 Å². The third kappa shape index (κ3) is 4.18. The van der Waals surface area contributed by atoms with Crippen molar-refractivity contribution in [1.82, 2.24) is 9.55 Å². The molecule has 0 radical (unpaired) electrons. The number of rotatable bonds is 7. The van der Waals surface area contributed by atoms with E-state index in [-0.39, 0.29) is 12.2 Å². The molecule has 1 aromatic carbocycles. The Balaban J connectivity index is 1.69. The molecule has 0 amide bonds. The van der Waals surface area contributed by atoms with Gasteiger partial charge in [-0.2, -0.15) is 0 Å². The largest absolute Gasteiger partial charge is 0.497 e. The first-order valence-corrected chi connectivity index (χ1v) is 8.21. The second-order valence-electron chi connectivity index (χ2n) is 5.59. The summed E-state index contributed by atoms with van der Waals surface area (Å²) in [4.78, 5) is 4.07. The molecule has 0 spiro atoms. The van der Waals surface area contributed by atoms with Crippen LogP contribution in [0.5, 0.6) is 11.5 Å². The summed E-state index contributed by atoms with van der Waals surface area (Å²) in [5, 5.41) is 0.551. The molecule has 23 heavy (non-hydrogen) atoms. The number of benzene rings is 1. The van der Waals surface area contributed by atoms with Crippen LogP contribution in [0.1, 0.15) is 19.3 Å². The Labute approximate surface area is 141 Å². The molecule has 1 saturated heterocycles. The van der Waals surface area contributed by atoms with Crippen molar-refractivity contribution in [3.63, 3.8) is 0 Å². The third-order valence-corrected chi connectivity index (χ3v) is 4.32. The van der Waals surface area contributed by atoms with Crippen molar-refractivity contribution in [3.8, 4) is 11.5 Å². The Morgan fingerprint density at radius 3 is 3.04 bits per heavy atom. The fourth-order valence-electron chi connectivity index (χ4n) is 2.78. The molecule has 3 rings (SSSR count). The van der Waals surface area contributed by atoms with Gasteiger partial charge < -0.3 is 18.8 Å². The van der Waals surface area contributed by atoms with Gasteiger partial charge in [0.2, 0.25) is 0 Å². The topological polar surface area (TPSA) is 45.5 Å². The number of imidazole rings is 1. The van der Waals surface area contributed by atoms with Gasteiger partial charge in [0.25, 0.3) is 0 Å². The molecule has 2 heterocycles. The smallest absolute Gasteiger partial charge is 0.138 e. The first kappa shape index (κ1) is 16.1. The minimum absolute atomic E-state index is 0.0363. The molecule has 6 heteroatoms. The minimum atomic E-state index is -0.0363. The highest BCUT2D eigenvalue weighted by molar-refractivity contribution is 6.32. The van der Waals surface area contributed by atoms with Crippen LogP contribution in [0.15, 0.2) is 36.9 Å².